The number of aromatic nitrogens is 3. The second kappa shape index (κ2) is 4.68. The number of fused-ring (bicyclic) bond motifs is 1. The molecule has 6 nitrogen and oxygen atoms in total. The highest BCUT2D eigenvalue weighted by Crippen LogP contribution is 2.29. The predicted molar refractivity (Wildman–Crippen MR) is 73.9 cm³/mol. The molecule has 1 aromatic carbocycles. The number of H-pyrrole nitrogens is 1. The molecule has 2 aromatic heterocycles. The molecule has 19 heavy (non-hydrogen) atoms. The molecule has 0 saturated carbocycles. The van der Waals surface area contributed by atoms with Gasteiger partial charge >= 0.3 is 0 Å². The third kappa shape index (κ3) is 1.92. The molecule has 0 amide bonds. The highest BCUT2D eigenvalue weighted by molar-refractivity contribution is 5.85. The van der Waals surface area contributed by atoms with E-state index in [2.05, 4.69) is 20.6 Å². The first-order chi connectivity index (χ1) is 9.31. The lowest BCUT2D eigenvalue weighted by molar-refractivity contribution is 0.641. The Hall–Kier alpha value is -2.44. The van der Waals surface area contributed by atoms with Crippen LogP contribution < -0.4 is 17.0 Å². The lowest BCUT2D eigenvalue weighted by Crippen LogP contribution is -2.29. The summed E-state index contributed by atoms with van der Waals surface area (Å²) in [7, 11) is 0. The lowest BCUT2D eigenvalue weighted by Gasteiger charge is -2.17. The number of hydrogen-bond acceptors (Lipinski definition) is 5. The number of anilines is 1. The van der Waals surface area contributed by atoms with Crippen molar-refractivity contribution in [1.29, 1.82) is 0 Å². The molecule has 2 heterocycles. The first-order valence-electron chi connectivity index (χ1n) is 5.88. The van der Waals surface area contributed by atoms with E-state index in [0.29, 0.717) is 5.82 Å². The van der Waals surface area contributed by atoms with Gasteiger partial charge in [-0.15, -0.1) is 0 Å². The second-order valence-corrected chi connectivity index (χ2v) is 4.29. The van der Waals surface area contributed by atoms with E-state index in [-0.39, 0.29) is 6.04 Å². The summed E-state index contributed by atoms with van der Waals surface area (Å²) in [6, 6.07) is 7.76. The van der Waals surface area contributed by atoms with E-state index in [0.717, 1.165) is 21.9 Å². The number of pyridine rings is 1. The van der Waals surface area contributed by atoms with Crippen LogP contribution in [0.1, 0.15) is 17.2 Å². The van der Waals surface area contributed by atoms with Gasteiger partial charge < -0.3 is 5.73 Å². The molecular formula is C13H14N6. The third-order valence-electron chi connectivity index (χ3n) is 3.19. The number of nitrogens with one attached hydrogen (secondary N) is 2. The van der Waals surface area contributed by atoms with Gasteiger partial charge in [0.15, 0.2) is 0 Å². The van der Waals surface area contributed by atoms with Crippen molar-refractivity contribution in [3.05, 3.63) is 54.0 Å². The molecule has 0 radical (unpaired) electrons. The van der Waals surface area contributed by atoms with Crippen LogP contribution in [-0.4, -0.2) is 15.2 Å². The smallest absolute Gasteiger partial charge is 0.124 e. The molecule has 1 unspecified atom stereocenters. The molecule has 96 valence electrons. The number of benzene rings is 1. The minimum Gasteiger partial charge on any atom is -0.384 e. The van der Waals surface area contributed by atoms with Crippen molar-refractivity contribution in [3.63, 3.8) is 0 Å². The third-order valence-corrected chi connectivity index (χ3v) is 3.19. The molecule has 0 aliphatic carbocycles. The average Bonchev–Trinajstić information content (AvgIpc) is 2.86. The fraction of sp³-hybridized carbons (Fsp3) is 0.0769. The number of hydrazine groups is 1. The van der Waals surface area contributed by atoms with E-state index in [9.17, 15) is 0 Å². The first-order valence-corrected chi connectivity index (χ1v) is 5.88. The Labute approximate surface area is 109 Å². The molecule has 6 heteroatoms. The van der Waals surface area contributed by atoms with Crippen LogP contribution in [0.15, 0.2) is 42.9 Å². The number of nitrogens with zero attached hydrogens (tertiary/aromatic N) is 2. The summed E-state index contributed by atoms with van der Waals surface area (Å²) in [5, 5.41) is 8.79. The maximum absolute atomic E-state index is 5.86. The van der Waals surface area contributed by atoms with Gasteiger partial charge in [0.05, 0.1) is 12.2 Å². The second-order valence-electron chi connectivity index (χ2n) is 4.29. The Morgan fingerprint density at radius 3 is 2.68 bits per heavy atom. The van der Waals surface area contributed by atoms with E-state index in [1.165, 1.54) is 0 Å². The van der Waals surface area contributed by atoms with Crippen molar-refractivity contribution >= 4 is 16.6 Å². The van der Waals surface area contributed by atoms with Crippen LogP contribution in [0.2, 0.25) is 0 Å². The molecule has 3 rings (SSSR count). The van der Waals surface area contributed by atoms with Gasteiger partial charge in [-0.1, -0.05) is 24.3 Å². The normalized spacial score (nSPS) is 12.7. The molecule has 0 bridgehead atoms. The number of aromatic amines is 1. The van der Waals surface area contributed by atoms with Crippen LogP contribution in [-0.2, 0) is 0 Å². The largest absolute Gasteiger partial charge is 0.384 e. The van der Waals surface area contributed by atoms with E-state index < -0.39 is 0 Å². The standard InChI is InChI=1S/C13H14N6/c14-13-11(7-17-19-13)12(18-15)10-6-16-5-8-3-1-2-4-9(8)10/h1-7,12,18H,15H2,(H3,14,17,19). The van der Waals surface area contributed by atoms with E-state index >= 15 is 0 Å². The lowest BCUT2D eigenvalue weighted by atomic mass is 9.98. The van der Waals surface area contributed by atoms with Gasteiger partial charge in [-0.3, -0.25) is 15.9 Å². The van der Waals surface area contributed by atoms with Crippen LogP contribution in [0.5, 0.6) is 0 Å². The number of nitrogen functional groups attached to an aromatic ring is 1. The molecule has 0 spiro atoms. The Bertz CT molecular complexity index is 700. The summed E-state index contributed by atoms with van der Waals surface area (Å²) in [6.07, 6.45) is 5.28. The van der Waals surface area contributed by atoms with Crippen LogP contribution in [0, 0.1) is 0 Å². The zero-order valence-corrected chi connectivity index (χ0v) is 10.2. The zero-order chi connectivity index (χ0) is 13.2. The summed E-state index contributed by atoms with van der Waals surface area (Å²) in [5.74, 6) is 6.18. The van der Waals surface area contributed by atoms with Crippen molar-refractivity contribution in [2.75, 3.05) is 5.73 Å². The van der Waals surface area contributed by atoms with Crippen molar-refractivity contribution in [3.8, 4) is 0 Å². The minimum absolute atomic E-state index is 0.252. The maximum Gasteiger partial charge on any atom is 0.124 e. The molecule has 0 aliphatic heterocycles. The Balaban J connectivity index is 2.20. The van der Waals surface area contributed by atoms with Gasteiger partial charge in [0.25, 0.3) is 0 Å². The highest BCUT2D eigenvalue weighted by Gasteiger charge is 2.19. The highest BCUT2D eigenvalue weighted by atomic mass is 15.2. The monoisotopic (exact) mass is 254 g/mol. The van der Waals surface area contributed by atoms with Crippen molar-refractivity contribution < 1.29 is 0 Å². The van der Waals surface area contributed by atoms with E-state index in [1.807, 2.05) is 30.5 Å². The molecule has 1 atom stereocenters. The Morgan fingerprint density at radius 2 is 1.95 bits per heavy atom. The Kier molecular flexibility index (Phi) is 2.86. The topological polar surface area (TPSA) is 106 Å². The predicted octanol–water partition coefficient (Wildman–Crippen LogP) is 1.09. The van der Waals surface area contributed by atoms with Crippen molar-refractivity contribution in [2.45, 2.75) is 6.04 Å². The fourth-order valence-electron chi connectivity index (χ4n) is 2.25. The summed E-state index contributed by atoms with van der Waals surface area (Å²) < 4.78 is 0. The van der Waals surface area contributed by atoms with Gasteiger partial charge in [0, 0.05) is 28.9 Å². The van der Waals surface area contributed by atoms with Gasteiger partial charge in [-0.25, -0.2) is 5.43 Å². The first kappa shape index (κ1) is 11.6. The maximum atomic E-state index is 5.86. The van der Waals surface area contributed by atoms with Crippen LogP contribution >= 0.6 is 0 Å². The molecule has 0 saturated heterocycles. The SMILES string of the molecule is NNC(c1cn[nH]c1N)c1cncc2ccccc12. The van der Waals surface area contributed by atoms with E-state index in [4.69, 9.17) is 11.6 Å². The average molecular weight is 254 g/mol. The summed E-state index contributed by atoms with van der Waals surface area (Å²) >= 11 is 0. The fourth-order valence-corrected chi connectivity index (χ4v) is 2.25. The summed E-state index contributed by atoms with van der Waals surface area (Å²) in [6.45, 7) is 0. The summed E-state index contributed by atoms with van der Waals surface area (Å²) in [4.78, 5) is 4.25. The molecule has 0 fully saturated rings. The molecule has 6 N–H and O–H groups in total. The molecule has 3 aromatic rings. The van der Waals surface area contributed by atoms with Gasteiger partial charge in [-0.05, 0) is 5.39 Å². The number of hydrogen-bond donors (Lipinski definition) is 4. The van der Waals surface area contributed by atoms with Gasteiger partial charge in [0.2, 0.25) is 0 Å². The number of nitrogens with two attached hydrogens (primary N) is 2. The minimum atomic E-state index is -0.252. The summed E-state index contributed by atoms with van der Waals surface area (Å²) in [5.41, 5.74) is 10.4. The van der Waals surface area contributed by atoms with Crippen LogP contribution in [0.25, 0.3) is 10.8 Å². The number of rotatable bonds is 3. The van der Waals surface area contributed by atoms with Crippen LogP contribution in [0.3, 0.4) is 0 Å². The van der Waals surface area contributed by atoms with Crippen molar-refractivity contribution in [2.24, 2.45) is 5.84 Å². The molecule has 0 aliphatic rings. The van der Waals surface area contributed by atoms with Crippen LogP contribution in [0.4, 0.5) is 5.82 Å². The molecular weight excluding hydrogens is 240 g/mol. The van der Waals surface area contributed by atoms with Gasteiger partial charge in [-0.2, -0.15) is 5.10 Å². The Morgan fingerprint density at radius 1 is 1.11 bits per heavy atom. The van der Waals surface area contributed by atoms with Crippen molar-refractivity contribution in [1.82, 2.24) is 20.6 Å². The zero-order valence-electron chi connectivity index (χ0n) is 10.2. The quantitative estimate of drug-likeness (QED) is 0.413. The van der Waals surface area contributed by atoms with Gasteiger partial charge in [0.1, 0.15) is 5.82 Å². The van der Waals surface area contributed by atoms with E-state index in [1.54, 1.807) is 12.4 Å².